The SMILES string of the molecule is Fc1ccc(C(CBr)OCc2ccccc2)cc1. The molecule has 0 heterocycles. The van der Waals surface area contributed by atoms with E-state index in [1.165, 1.54) is 12.1 Å². The molecular weight excluding hydrogens is 295 g/mol. The Labute approximate surface area is 115 Å². The van der Waals surface area contributed by atoms with Gasteiger partial charge in [-0.3, -0.25) is 0 Å². The molecule has 0 saturated heterocycles. The van der Waals surface area contributed by atoms with Crippen LogP contribution in [0.2, 0.25) is 0 Å². The predicted octanol–water partition coefficient (Wildman–Crippen LogP) is 4.48. The Morgan fingerprint density at radius 2 is 1.67 bits per heavy atom. The molecule has 0 saturated carbocycles. The Morgan fingerprint density at radius 1 is 1.00 bits per heavy atom. The van der Waals surface area contributed by atoms with Crippen molar-refractivity contribution >= 4 is 15.9 Å². The molecule has 1 unspecified atom stereocenters. The average Bonchev–Trinajstić information content (AvgIpc) is 2.42. The molecule has 0 spiro atoms. The first-order valence-electron chi connectivity index (χ1n) is 5.76. The standard InChI is InChI=1S/C15H14BrFO/c16-10-15(13-6-8-14(17)9-7-13)18-11-12-4-2-1-3-5-12/h1-9,15H,10-11H2. The van der Waals surface area contributed by atoms with Crippen LogP contribution in [0.1, 0.15) is 17.2 Å². The van der Waals surface area contributed by atoms with Crippen LogP contribution in [0.25, 0.3) is 0 Å². The zero-order valence-corrected chi connectivity index (χ0v) is 11.4. The van der Waals surface area contributed by atoms with Gasteiger partial charge in [0, 0.05) is 5.33 Å². The molecule has 2 rings (SSSR count). The fraction of sp³-hybridized carbons (Fsp3) is 0.200. The van der Waals surface area contributed by atoms with Gasteiger partial charge in [-0.05, 0) is 23.3 Å². The van der Waals surface area contributed by atoms with Crippen molar-refractivity contribution in [3.8, 4) is 0 Å². The zero-order valence-electron chi connectivity index (χ0n) is 9.85. The molecule has 1 nitrogen and oxygen atoms in total. The number of hydrogen-bond acceptors (Lipinski definition) is 1. The quantitative estimate of drug-likeness (QED) is 0.740. The Kier molecular flexibility index (Phi) is 4.90. The molecule has 0 aliphatic heterocycles. The van der Waals surface area contributed by atoms with E-state index in [0.717, 1.165) is 11.1 Å². The third-order valence-corrected chi connectivity index (χ3v) is 3.26. The van der Waals surface area contributed by atoms with Gasteiger partial charge in [0.1, 0.15) is 5.82 Å². The summed E-state index contributed by atoms with van der Waals surface area (Å²) in [7, 11) is 0. The first kappa shape index (κ1) is 13.2. The molecule has 0 fully saturated rings. The van der Waals surface area contributed by atoms with E-state index in [1.54, 1.807) is 12.1 Å². The van der Waals surface area contributed by atoms with Crippen molar-refractivity contribution in [2.24, 2.45) is 0 Å². The van der Waals surface area contributed by atoms with Crippen LogP contribution in [0, 0.1) is 5.82 Å². The lowest BCUT2D eigenvalue weighted by atomic mass is 10.1. The van der Waals surface area contributed by atoms with Gasteiger partial charge < -0.3 is 4.74 Å². The molecule has 0 radical (unpaired) electrons. The van der Waals surface area contributed by atoms with Crippen LogP contribution in [-0.2, 0) is 11.3 Å². The zero-order chi connectivity index (χ0) is 12.8. The van der Waals surface area contributed by atoms with E-state index in [9.17, 15) is 4.39 Å². The summed E-state index contributed by atoms with van der Waals surface area (Å²) in [5.74, 6) is -0.227. The second-order valence-electron chi connectivity index (χ2n) is 3.99. The molecule has 18 heavy (non-hydrogen) atoms. The normalized spacial score (nSPS) is 12.3. The van der Waals surface area contributed by atoms with Gasteiger partial charge in [0.2, 0.25) is 0 Å². The number of benzene rings is 2. The topological polar surface area (TPSA) is 9.23 Å². The van der Waals surface area contributed by atoms with E-state index in [4.69, 9.17) is 4.74 Å². The van der Waals surface area contributed by atoms with E-state index >= 15 is 0 Å². The van der Waals surface area contributed by atoms with E-state index in [2.05, 4.69) is 15.9 Å². The van der Waals surface area contributed by atoms with Crippen molar-refractivity contribution in [2.45, 2.75) is 12.7 Å². The van der Waals surface area contributed by atoms with E-state index in [1.807, 2.05) is 30.3 Å². The fourth-order valence-corrected chi connectivity index (χ4v) is 2.24. The minimum atomic E-state index is -0.227. The van der Waals surface area contributed by atoms with Crippen LogP contribution in [-0.4, -0.2) is 5.33 Å². The summed E-state index contributed by atoms with van der Waals surface area (Å²) in [4.78, 5) is 0. The van der Waals surface area contributed by atoms with Gasteiger partial charge in [-0.25, -0.2) is 4.39 Å². The van der Waals surface area contributed by atoms with Crippen LogP contribution in [0.5, 0.6) is 0 Å². The second kappa shape index (κ2) is 6.66. The summed E-state index contributed by atoms with van der Waals surface area (Å²) >= 11 is 3.43. The highest BCUT2D eigenvalue weighted by Gasteiger charge is 2.10. The summed E-state index contributed by atoms with van der Waals surface area (Å²) in [5, 5.41) is 0.686. The largest absolute Gasteiger partial charge is 0.368 e. The van der Waals surface area contributed by atoms with Crippen molar-refractivity contribution in [2.75, 3.05) is 5.33 Å². The lowest BCUT2D eigenvalue weighted by Crippen LogP contribution is -2.06. The van der Waals surface area contributed by atoms with Crippen molar-refractivity contribution in [3.05, 3.63) is 71.5 Å². The molecule has 0 aliphatic rings. The second-order valence-corrected chi connectivity index (χ2v) is 4.64. The van der Waals surface area contributed by atoms with Gasteiger partial charge in [0.15, 0.2) is 0 Å². The van der Waals surface area contributed by atoms with Crippen molar-refractivity contribution in [3.63, 3.8) is 0 Å². The molecule has 0 bridgehead atoms. The van der Waals surface area contributed by atoms with Gasteiger partial charge in [-0.15, -0.1) is 0 Å². The van der Waals surface area contributed by atoms with Gasteiger partial charge in [-0.2, -0.15) is 0 Å². The maximum atomic E-state index is 12.9. The highest BCUT2D eigenvalue weighted by Crippen LogP contribution is 2.21. The molecular formula is C15H14BrFO. The third-order valence-electron chi connectivity index (χ3n) is 2.68. The lowest BCUT2D eigenvalue weighted by molar-refractivity contribution is 0.0565. The number of hydrogen-bond donors (Lipinski definition) is 0. The molecule has 0 aromatic heterocycles. The van der Waals surface area contributed by atoms with Crippen molar-refractivity contribution < 1.29 is 9.13 Å². The summed E-state index contributed by atoms with van der Waals surface area (Å²) in [6.45, 7) is 0.550. The highest BCUT2D eigenvalue weighted by molar-refractivity contribution is 9.09. The van der Waals surface area contributed by atoms with Gasteiger partial charge >= 0.3 is 0 Å². The molecule has 0 amide bonds. The summed E-state index contributed by atoms with van der Waals surface area (Å²) in [5.41, 5.74) is 2.11. The monoisotopic (exact) mass is 308 g/mol. The molecule has 2 aromatic carbocycles. The first-order valence-corrected chi connectivity index (χ1v) is 6.88. The van der Waals surface area contributed by atoms with Crippen LogP contribution >= 0.6 is 15.9 Å². The van der Waals surface area contributed by atoms with Crippen LogP contribution in [0.3, 0.4) is 0 Å². The van der Waals surface area contributed by atoms with Crippen molar-refractivity contribution in [1.82, 2.24) is 0 Å². The Balaban J connectivity index is 1.99. The molecule has 1 atom stereocenters. The number of halogens is 2. The van der Waals surface area contributed by atoms with Crippen LogP contribution in [0.4, 0.5) is 4.39 Å². The smallest absolute Gasteiger partial charge is 0.123 e. The molecule has 3 heteroatoms. The first-order chi connectivity index (χ1) is 8.79. The Hall–Kier alpha value is -1.19. The highest BCUT2D eigenvalue weighted by atomic mass is 79.9. The summed E-state index contributed by atoms with van der Waals surface area (Å²) in [6, 6.07) is 16.4. The predicted molar refractivity (Wildman–Crippen MR) is 74.2 cm³/mol. The molecule has 94 valence electrons. The maximum absolute atomic E-state index is 12.9. The lowest BCUT2D eigenvalue weighted by Gasteiger charge is -2.16. The van der Waals surface area contributed by atoms with E-state index < -0.39 is 0 Å². The third kappa shape index (κ3) is 3.65. The fourth-order valence-electron chi connectivity index (χ4n) is 1.68. The van der Waals surface area contributed by atoms with Gasteiger partial charge in [-0.1, -0.05) is 58.4 Å². The van der Waals surface area contributed by atoms with E-state index in [0.29, 0.717) is 11.9 Å². The minimum Gasteiger partial charge on any atom is -0.368 e. The summed E-state index contributed by atoms with van der Waals surface area (Å²) < 4.78 is 18.7. The van der Waals surface area contributed by atoms with Gasteiger partial charge in [0.25, 0.3) is 0 Å². The van der Waals surface area contributed by atoms with Crippen LogP contribution < -0.4 is 0 Å². The number of ether oxygens (including phenoxy) is 1. The minimum absolute atomic E-state index is 0.0641. The van der Waals surface area contributed by atoms with E-state index in [-0.39, 0.29) is 11.9 Å². The van der Waals surface area contributed by atoms with Gasteiger partial charge in [0.05, 0.1) is 12.7 Å². The Morgan fingerprint density at radius 3 is 2.28 bits per heavy atom. The Bertz CT molecular complexity index is 470. The number of rotatable bonds is 5. The summed E-state index contributed by atoms with van der Waals surface area (Å²) in [6.07, 6.45) is -0.0641. The number of alkyl halides is 1. The molecule has 0 aliphatic carbocycles. The maximum Gasteiger partial charge on any atom is 0.123 e. The average molecular weight is 309 g/mol. The van der Waals surface area contributed by atoms with Crippen molar-refractivity contribution in [1.29, 1.82) is 0 Å². The molecule has 0 N–H and O–H groups in total. The van der Waals surface area contributed by atoms with Crippen LogP contribution in [0.15, 0.2) is 54.6 Å². The molecule has 2 aromatic rings.